The summed E-state index contributed by atoms with van der Waals surface area (Å²) in [6.45, 7) is 0.850. The van der Waals surface area contributed by atoms with Crippen LogP contribution in [0.25, 0.3) is 0 Å². The summed E-state index contributed by atoms with van der Waals surface area (Å²) in [5.41, 5.74) is 1.65. The third-order valence-corrected chi connectivity index (χ3v) is 12.3. The minimum atomic E-state index is -3.98. The van der Waals surface area contributed by atoms with E-state index in [1.54, 1.807) is 60.7 Å². The van der Waals surface area contributed by atoms with Crippen molar-refractivity contribution in [1.29, 1.82) is 0 Å². The van der Waals surface area contributed by atoms with Gasteiger partial charge in [0.25, 0.3) is 0 Å². The molecule has 0 unspecified atom stereocenters. The predicted octanol–water partition coefficient (Wildman–Crippen LogP) is 5.32. The van der Waals surface area contributed by atoms with Crippen LogP contribution in [0, 0.1) is 7.14 Å². The van der Waals surface area contributed by atoms with E-state index in [-0.39, 0.29) is 22.9 Å². The van der Waals surface area contributed by atoms with Crippen LogP contribution in [0.4, 0.5) is 0 Å². The van der Waals surface area contributed by atoms with Crippen molar-refractivity contribution < 1.29 is 16.8 Å². The van der Waals surface area contributed by atoms with E-state index >= 15 is 0 Å². The van der Waals surface area contributed by atoms with E-state index in [1.165, 1.54) is 8.61 Å². The van der Waals surface area contributed by atoms with Gasteiger partial charge in [0.1, 0.15) is 0 Å². The van der Waals surface area contributed by atoms with E-state index in [0.29, 0.717) is 13.1 Å². The number of nitrogens with one attached hydrogen (secondary N) is 1. The van der Waals surface area contributed by atoms with Crippen LogP contribution in [0.3, 0.4) is 0 Å². The van der Waals surface area contributed by atoms with Crippen LogP contribution >= 0.6 is 45.2 Å². The van der Waals surface area contributed by atoms with E-state index in [1.807, 2.05) is 48.5 Å². The Morgan fingerprint density at radius 2 is 0.902 bits per heavy atom. The van der Waals surface area contributed by atoms with Crippen molar-refractivity contribution in [2.75, 3.05) is 13.1 Å². The molecule has 4 aromatic rings. The second-order valence-corrected chi connectivity index (χ2v) is 16.0. The van der Waals surface area contributed by atoms with Gasteiger partial charge >= 0.3 is 0 Å². The molecule has 11 heteroatoms. The summed E-state index contributed by atoms with van der Waals surface area (Å²) in [5, 5.41) is 3.31. The fourth-order valence-electron chi connectivity index (χ4n) is 4.99. The molecule has 0 bridgehead atoms. The first-order valence-corrected chi connectivity index (χ1v) is 18.0. The molecule has 1 aliphatic rings. The third-order valence-electron chi connectivity index (χ3n) is 7.09. The monoisotopic (exact) mass is 813 g/mol. The van der Waals surface area contributed by atoms with Gasteiger partial charge in [-0.15, -0.1) is 0 Å². The van der Waals surface area contributed by atoms with E-state index in [4.69, 9.17) is 0 Å². The number of nitrogens with zero attached hydrogens (tertiary/aromatic N) is 2. The van der Waals surface area contributed by atoms with Crippen molar-refractivity contribution >= 4 is 65.2 Å². The summed E-state index contributed by atoms with van der Waals surface area (Å²) in [7, 11) is -7.96. The molecule has 41 heavy (non-hydrogen) atoms. The van der Waals surface area contributed by atoms with Gasteiger partial charge in [0.15, 0.2) is 0 Å². The lowest BCUT2D eigenvalue weighted by Crippen LogP contribution is -2.54. The van der Waals surface area contributed by atoms with Crippen LogP contribution in [0.15, 0.2) is 119 Å². The Labute approximate surface area is 269 Å². The van der Waals surface area contributed by atoms with Crippen molar-refractivity contribution in [3.63, 3.8) is 0 Å². The summed E-state index contributed by atoms with van der Waals surface area (Å²) < 4.78 is 61.8. The quantitative estimate of drug-likeness (QED) is 0.220. The highest BCUT2D eigenvalue weighted by Gasteiger charge is 2.45. The summed E-state index contributed by atoms with van der Waals surface area (Å²) in [4.78, 5) is 0.345. The largest absolute Gasteiger partial charge is 0.313 e. The summed E-state index contributed by atoms with van der Waals surface area (Å²) >= 11 is 4.43. The Morgan fingerprint density at radius 3 is 1.24 bits per heavy atom. The zero-order chi connectivity index (χ0) is 29.0. The van der Waals surface area contributed by atoms with Gasteiger partial charge in [-0.2, -0.15) is 8.61 Å². The Hall–Kier alpha value is -1.88. The highest BCUT2D eigenvalue weighted by atomic mass is 127. The van der Waals surface area contributed by atoms with Crippen molar-refractivity contribution in [2.24, 2.45) is 0 Å². The number of benzene rings is 4. The highest BCUT2D eigenvalue weighted by Crippen LogP contribution is 2.30. The molecule has 4 aromatic carbocycles. The Morgan fingerprint density at radius 1 is 0.561 bits per heavy atom. The van der Waals surface area contributed by atoms with Crippen LogP contribution in [-0.2, 0) is 33.1 Å². The minimum absolute atomic E-state index is 0.111. The van der Waals surface area contributed by atoms with Crippen LogP contribution in [0.1, 0.15) is 11.1 Å². The predicted molar refractivity (Wildman–Crippen MR) is 177 cm³/mol. The second kappa shape index (κ2) is 13.2. The molecule has 1 saturated heterocycles. The molecule has 214 valence electrons. The van der Waals surface area contributed by atoms with Gasteiger partial charge in [-0.05, 0) is 105 Å². The fraction of sp³-hybridized carbons (Fsp3) is 0.200. The zero-order valence-corrected chi connectivity index (χ0v) is 27.9. The molecule has 0 spiro atoms. The van der Waals surface area contributed by atoms with E-state index in [0.717, 1.165) is 18.3 Å². The lowest BCUT2D eigenvalue weighted by Gasteiger charge is -2.37. The normalized spacial score (nSPS) is 17.8. The third kappa shape index (κ3) is 7.03. The van der Waals surface area contributed by atoms with Crippen molar-refractivity contribution in [3.05, 3.63) is 127 Å². The van der Waals surface area contributed by atoms with Crippen LogP contribution in [-0.4, -0.2) is 50.6 Å². The maximum absolute atomic E-state index is 14.2. The molecule has 0 amide bonds. The van der Waals surface area contributed by atoms with E-state index in [9.17, 15) is 16.8 Å². The molecule has 0 aliphatic carbocycles. The molecule has 0 saturated carbocycles. The molecule has 2 atom stereocenters. The molecule has 7 nitrogen and oxygen atoms in total. The van der Waals surface area contributed by atoms with Crippen LogP contribution in [0.5, 0.6) is 0 Å². The maximum atomic E-state index is 14.2. The number of sulfonamides is 2. The van der Waals surface area contributed by atoms with Crippen molar-refractivity contribution in [3.8, 4) is 0 Å². The van der Waals surface area contributed by atoms with Gasteiger partial charge in [-0.3, -0.25) is 0 Å². The summed E-state index contributed by atoms with van der Waals surface area (Å²) in [5.74, 6) is 0. The smallest absolute Gasteiger partial charge is 0.243 e. The van der Waals surface area contributed by atoms with Crippen LogP contribution in [0.2, 0.25) is 0 Å². The SMILES string of the molecule is O=S(=O)(c1ccccc1)N(Cc1ccc(I)cc1)[C@H]1CNC[C@@H]1N(Cc1ccc(I)cc1)S(=O)(=O)c1ccccc1. The van der Waals surface area contributed by atoms with Gasteiger partial charge in [0, 0.05) is 33.3 Å². The fourth-order valence-corrected chi connectivity index (χ4v) is 9.04. The Kier molecular flexibility index (Phi) is 9.83. The van der Waals surface area contributed by atoms with Gasteiger partial charge in [-0.25, -0.2) is 16.8 Å². The average Bonchev–Trinajstić information content (AvgIpc) is 3.46. The average molecular weight is 814 g/mol. The highest BCUT2D eigenvalue weighted by molar-refractivity contribution is 14.1. The first kappa shape index (κ1) is 30.6. The first-order chi connectivity index (χ1) is 19.7. The maximum Gasteiger partial charge on any atom is 0.243 e. The van der Waals surface area contributed by atoms with E-state index < -0.39 is 32.1 Å². The molecule has 1 N–H and O–H groups in total. The van der Waals surface area contributed by atoms with E-state index in [2.05, 4.69) is 50.5 Å². The molecular weight excluding hydrogens is 784 g/mol. The first-order valence-electron chi connectivity index (χ1n) is 13.0. The van der Waals surface area contributed by atoms with Gasteiger partial charge in [-0.1, -0.05) is 60.7 Å². The Balaban J connectivity index is 1.60. The lowest BCUT2D eigenvalue weighted by molar-refractivity contribution is 0.219. The number of halogens is 2. The van der Waals surface area contributed by atoms with Gasteiger partial charge in [0.2, 0.25) is 20.0 Å². The molecule has 0 radical (unpaired) electrons. The summed E-state index contributed by atoms with van der Waals surface area (Å²) in [6.07, 6.45) is 0. The van der Waals surface area contributed by atoms with Crippen LogP contribution < -0.4 is 5.32 Å². The topological polar surface area (TPSA) is 86.8 Å². The van der Waals surface area contributed by atoms with Crippen molar-refractivity contribution in [1.82, 2.24) is 13.9 Å². The van der Waals surface area contributed by atoms with Gasteiger partial charge in [0.05, 0.1) is 21.9 Å². The number of hydrogen-bond donors (Lipinski definition) is 1. The second-order valence-electron chi connectivity index (χ2n) is 9.77. The van der Waals surface area contributed by atoms with Gasteiger partial charge < -0.3 is 5.32 Å². The minimum Gasteiger partial charge on any atom is -0.313 e. The molecule has 1 heterocycles. The standard InChI is InChI=1S/C30H29I2N3O4S2/c31-25-15-11-23(12-16-25)21-34(40(36,37)27-7-3-1-4-8-27)29-19-33-20-30(29)35(22-24-13-17-26(32)18-14-24)41(38,39)28-9-5-2-6-10-28/h1-18,29-30,33H,19-22H2/t29-,30-/m0/s1. The zero-order valence-electron chi connectivity index (χ0n) is 22.0. The number of hydrogen-bond acceptors (Lipinski definition) is 5. The molecule has 1 fully saturated rings. The molecule has 5 rings (SSSR count). The number of rotatable bonds is 10. The Bertz CT molecular complexity index is 1540. The molecule has 0 aromatic heterocycles. The molecular formula is C30H29I2N3O4S2. The molecule has 1 aliphatic heterocycles. The van der Waals surface area contributed by atoms with Crippen molar-refractivity contribution in [2.45, 2.75) is 35.0 Å². The lowest BCUT2D eigenvalue weighted by atomic mass is 10.1. The summed E-state index contributed by atoms with van der Waals surface area (Å²) in [6, 6.07) is 30.8.